The fourth-order valence-electron chi connectivity index (χ4n) is 1.46. The van der Waals surface area contributed by atoms with E-state index in [1.54, 1.807) is 11.3 Å². The van der Waals surface area contributed by atoms with Gasteiger partial charge in [-0.3, -0.25) is 0 Å². The number of alkyl halides is 1. The van der Waals surface area contributed by atoms with Crippen molar-refractivity contribution in [3.05, 3.63) is 35.2 Å². The predicted molar refractivity (Wildman–Crippen MR) is 60.7 cm³/mol. The molecule has 0 saturated heterocycles. The van der Waals surface area contributed by atoms with Crippen molar-refractivity contribution in [3.8, 4) is 0 Å². The second kappa shape index (κ2) is 3.69. The summed E-state index contributed by atoms with van der Waals surface area (Å²) >= 11 is 7.99. The van der Waals surface area contributed by atoms with Crippen LogP contribution in [0.2, 0.25) is 0 Å². The van der Waals surface area contributed by atoms with Gasteiger partial charge in [0.25, 0.3) is 0 Å². The van der Waals surface area contributed by atoms with Crippen LogP contribution in [0.1, 0.15) is 24.3 Å². The van der Waals surface area contributed by atoms with Gasteiger partial charge in [-0.25, -0.2) is 0 Å². The molecule has 68 valence electrons. The van der Waals surface area contributed by atoms with E-state index in [-0.39, 0.29) is 5.38 Å². The minimum absolute atomic E-state index is 0.163. The van der Waals surface area contributed by atoms with Crippen LogP contribution in [-0.4, -0.2) is 0 Å². The maximum atomic E-state index is 6.22. The van der Waals surface area contributed by atoms with Crippen molar-refractivity contribution in [2.75, 3.05) is 0 Å². The lowest BCUT2D eigenvalue weighted by Gasteiger charge is -2.03. The first-order valence-corrected chi connectivity index (χ1v) is 5.74. The van der Waals surface area contributed by atoms with E-state index >= 15 is 0 Å². The third kappa shape index (κ3) is 1.59. The Morgan fingerprint density at radius 1 is 1.38 bits per heavy atom. The summed E-state index contributed by atoms with van der Waals surface area (Å²) in [4.78, 5) is 0. The SMILES string of the molecule is CCC(Cl)c1csc2ccccc12. The van der Waals surface area contributed by atoms with Crippen LogP contribution in [-0.2, 0) is 0 Å². The molecule has 1 atom stereocenters. The Morgan fingerprint density at radius 3 is 2.92 bits per heavy atom. The Bertz CT molecular complexity index is 405. The average Bonchev–Trinajstić information content (AvgIpc) is 2.60. The molecule has 0 saturated carbocycles. The van der Waals surface area contributed by atoms with E-state index in [2.05, 4.69) is 36.6 Å². The molecule has 1 heterocycles. The molecule has 2 rings (SSSR count). The number of hydrogen-bond donors (Lipinski definition) is 0. The predicted octanol–water partition coefficient (Wildman–Crippen LogP) is 4.59. The zero-order valence-corrected chi connectivity index (χ0v) is 9.03. The normalized spacial score (nSPS) is 13.4. The third-order valence-electron chi connectivity index (χ3n) is 2.21. The van der Waals surface area contributed by atoms with Crippen molar-refractivity contribution in [2.45, 2.75) is 18.7 Å². The van der Waals surface area contributed by atoms with Crippen molar-refractivity contribution in [1.82, 2.24) is 0 Å². The summed E-state index contributed by atoms with van der Waals surface area (Å²) in [6.07, 6.45) is 0.988. The Hall–Kier alpha value is -0.530. The van der Waals surface area contributed by atoms with Gasteiger partial charge in [0.05, 0.1) is 5.38 Å². The van der Waals surface area contributed by atoms with Crippen molar-refractivity contribution in [2.24, 2.45) is 0 Å². The molecule has 1 unspecified atom stereocenters. The van der Waals surface area contributed by atoms with Gasteiger partial charge < -0.3 is 0 Å². The minimum atomic E-state index is 0.163. The van der Waals surface area contributed by atoms with E-state index in [1.165, 1.54) is 15.6 Å². The number of halogens is 1. The van der Waals surface area contributed by atoms with Crippen LogP contribution in [0.15, 0.2) is 29.6 Å². The Kier molecular flexibility index (Phi) is 2.56. The van der Waals surface area contributed by atoms with Crippen LogP contribution < -0.4 is 0 Å². The fourth-order valence-corrected chi connectivity index (χ4v) is 2.73. The van der Waals surface area contributed by atoms with Gasteiger partial charge >= 0.3 is 0 Å². The highest BCUT2D eigenvalue weighted by atomic mass is 35.5. The van der Waals surface area contributed by atoms with Gasteiger partial charge in [0.2, 0.25) is 0 Å². The van der Waals surface area contributed by atoms with Gasteiger partial charge in [-0.15, -0.1) is 22.9 Å². The van der Waals surface area contributed by atoms with Gasteiger partial charge in [-0.05, 0) is 28.8 Å². The molecule has 1 aromatic carbocycles. The number of thiophene rings is 1. The molecule has 0 bridgehead atoms. The summed E-state index contributed by atoms with van der Waals surface area (Å²) in [5.41, 5.74) is 1.28. The zero-order chi connectivity index (χ0) is 9.26. The molecule has 0 aliphatic carbocycles. The molecule has 0 nitrogen and oxygen atoms in total. The summed E-state index contributed by atoms with van der Waals surface area (Å²) in [5, 5.41) is 3.65. The van der Waals surface area contributed by atoms with E-state index in [9.17, 15) is 0 Å². The summed E-state index contributed by atoms with van der Waals surface area (Å²) < 4.78 is 1.33. The maximum absolute atomic E-state index is 6.22. The third-order valence-corrected chi connectivity index (χ3v) is 3.73. The lowest BCUT2D eigenvalue weighted by atomic mass is 10.1. The molecule has 0 radical (unpaired) electrons. The van der Waals surface area contributed by atoms with Crippen LogP contribution in [0.3, 0.4) is 0 Å². The number of rotatable bonds is 2. The second-order valence-electron chi connectivity index (χ2n) is 3.06. The highest BCUT2D eigenvalue weighted by molar-refractivity contribution is 7.17. The average molecular weight is 211 g/mol. The molecule has 13 heavy (non-hydrogen) atoms. The van der Waals surface area contributed by atoms with Gasteiger partial charge in [-0.1, -0.05) is 25.1 Å². The van der Waals surface area contributed by atoms with E-state index in [4.69, 9.17) is 11.6 Å². The number of hydrogen-bond acceptors (Lipinski definition) is 1. The molecule has 2 heteroatoms. The van der Waals surface area contributed by atoms with Gasteiger partial charge in [-0.2, -0.15) is 0 Å². The summed E-state index contributed by atoms with van der Waals surface area (Å²) in [5.74, 6) is 0. The van der Waals surface area contributed by atoms with Gasteiger partial charge in [0.1, 0.15) is 0 Å². The molecule has 0 aliphatic heterocycles. The van der Waals surface area contributed by atoms with Crippen molar-refractivity contribution < 1.29 is 0 Å². The Labute approximate surface area is 87.2 Å². The first-order valence-electron chi connectivity index (χ1n) is 4.43. The summed E-state index contributed by atoms with van der Waals surface area (Å²) in [6.45, 7) is 2.12. The van der Waals surface area contributed by atoms with Gasteiger partial charge in [0.15, 0.2) is 0 Å². The van der Waals surface area contributed by atoms with Crippen LogP contribution in [0.5, 0.6) is 0 Å². The second-order valence-corrected chi connectivity index (χ2v) is 4.50. The molecule has 0 spiro atoms. The molecule has 0 amide bonds. The maximum Gasteiger partial charge on any atom is 0.0597 e. The lowest BCUT2D eigenvalue weighted by molar-refractivity contribution is 0.894. The molecule has 1 aromatic heterocycles. The van der Waals surface area contributed by atoms with Crippen LogP contribution in [0.25, 0.3) is 10.1 Å². The van der Waals surface area contributed by atoms with E-state index < -0.39 is 0 Å². The largest absolute Gasteiger partial charge is 0.143 e. The molecule has 0 fully saturated rings. The molecule has 2 aromatic rings. The molecular weight excluding hydrogens is 200 g/mol. The topological polar surface area (TPSA) is 0 Å². The van der Waals surface area contributed by atoms with Crippen molar-refractivity contribution in [1.29, 1.82) is 0 Å². The van der Waals surface area contributed by atoms with E-state index in [1.807, 2.05) is 0 Å². The van der Waals surface area contributed by atoms with Crippen LogP contribution in [0.4, 0.5) is 0 Å². The molecule has 0 N–H and O–H groups in total. The van der Waals surface area contributed by atoms with E-state index in [0.29, 0.717) is 0 Å². The fraction of sp³-hybridized carbons (Fsp3) is 0.273. The number of benzene rings is 1. The van der Waals surface area contributed by atoms with Crippen LogP contribution >= 0.6 is 22.9 Å². The quantitative estimate of drug-likeness (QED) is 0.636. The molecule has 0 aliphatic rings. The summed E-state index contributed by atoms with van der Waals surface area (Å²) in [6, 6.07) is 8.42. The standard InChI is InChI=1S/C11H11ClS/c1-2-10(12)9-7-13-11-6-4-3-5-8(9)11/h3-7,10H,2H2,1H3. The highest BCUT2D eigenvalue weighted by Crippen LogP contribution is 2.34. The Balaban J connectivity index is 2.57. The van der Waals surface area contributed by atoms with Crippen molar-refractivity contribution >= 4 is 33.0 Å². The number of fused-ring (bicyclic) bond motifs is 1. The summed E-state index contributed by atoms with van der Waals surface area (Å²) in [7, 11) is 0. The van der Waals surface area contributed by atoms with Gasteiger partial charge in [0, 0.05) is 4.70 Å². The van der Waals surface area contributed by atoms with Crippen LogP contribution in [0, 0.1) is 0 Å². The Morgan fingerprint density at radius 2 is 2.15 bits per heavy atom. The lowest BCUT2D eigenvalue weighted by Crippen LogP contribution is -1.84. The first-order chi connectivity index (χ1) is 6.33. The van der Waals surface area contributed by atoms with E-state index in [0.717, 1.165) is 6.42 Å². The zero-order valence-electron chi connectivity index (χ0n) is 7.46. The highest BCUT2D eigenvalue weighted by Gasteiger charge is 2.10. The first kappa shape index (κ1) is 9.04. The monoisotopic (exact) mass is 210 g/mol. The molecular formula is C11H11ClS. The van der Waals surface area contributed by atoms with Crippen molar-refractivity contribution in [3.63, 3.8) is 0 Å². The smallest absolute Gasteiger partial charge is 0.0597 e. The minimum Gasteiger partial charge on any atom is -0.143 e.